The van der Waals surface area contributed by atoms with Crippen LogP contribution in [-0.2, 0) is 11.2 Å². The number of aromatic amines is 1. The fourth-order valence-corrected chi connectivity index (χ4v) is 3.44. The van der Waals surface area contributed by atoms with E-state index in [1.807, 2.05) is 49.4 Å². The number of hydrogen-bond donors (Lipinski definition) is 3. The molecule has 154 valence electrons. The van der Waals surface area contributed by atoms with E-state index in [9.17, 15) is 4.79 Å². The molecule has 3 aromatic rings. The summed E-state index contributed by atoms with van der Waals surface area (Å²) < 4.78 is 10.8. The van der Waals surface area contributed by atoms with Crippen molar-refractivity contribution in [2.24, 2.45) is 11.7 Å². The number of aryl methyl sites for hydroxylation is 1. The number of fused-ring (bicyclic) bond motifs is 1. The van der Waals surface area contributed by atoms with Gasteiger partial charge in [0.1, 0.15) is 11.5 Å². The summed E-state index contributed by atoms with van der Waals surface area (Å²) in [5.41, 5.74) is 9.28. The van der Waals surface area contributed by atoms with Crippen molar-refractivity contribution in [3.8, 4) is 11.5 Å². The highest BCUT2D eigenvalue weighted by Gasteiger charge is 2.21. The second-order valence-electron chi connectivity index (χ2n) is 7.21. The second kappa shape index (κ2) is 9.47. The maximum Gasteiger partial charge on any atom is 0.224 e. The number of carbonyl (C=O) groups excluding carboxylic acids is 1. The molecule has 0 spiro atoms. The Kier molecular flexibility index (Phi) is 6.77. The highest BCUT2D eigenvalue weighted by molar-refractivity contribution is 5.88. The first kappa shape index (κ1) is 20.7. The fourth-order valence-electron chi connectivity index (χ4n) is 3.44. The van der Waals surface area contributed by atoms with Gasteiger partial charge in [0.2, 0.25) is 5.91 Å². The Bertz CT molecular complexity index is 953. The molecule has 6 nitrogen and oxygen atoms in total. The lowest BCUT2D eigenvalue weighted by Crippen LogP contribution is -2.36. The summed E-state index contributed by atoms with van der Waals surface area (Å²) in [7, 11) is 3.29. The van der Waals surface area contributed by atoms with Crippen LogP contribution in [-0.4, -0.2) is 31.7 Å². The fraction of sp³-hybridized carbons (Fsp3) is 0.348. The smallest absolute Gasteiger partial charge is 0.224 e. The summed E-state index contributed by atoms with van der Waals surface area (Å²) in [4.78, 5) is 15.8. The molecule has 2 unspecified atom stereocenters. The Morgan fingerprint density at radius 1 is 1.14 bits per heavy atom. The van der Waals surface area contributed by atoms with Crippen LogP contribution >= 0.6 is 0 Å². The topological polar surface area (TPSA) is 89.4 Å². The first-order valence-corrected chi connectivity index (χ1v) is 9.85. The third-order valence-electron chi connectivity index (χ3n) is 5.24. The van der Waals surface area contributed by atoms with Gasteiger partial charge in [-0.05, 0) is 24.5 Å². The quantitative estimate of drug-likeness (QED) is 0.483. The molecule has 3 rings (SSSR count). The number of benzene rings is 2. The van der Waals surface area contributed by atoms with E-state index in [4.69, 9.17) is 15.2 Å². The third-order valence-corrected chi connectivity index (χ3v) is 5.24. The van der Waals surface area contributed by atoms with Gasteiger partial charge in [-0.1, -0.05) is 37.3 Å². The zero-order valence-corrected chi connectivity index (χ0v) is 17.2. The molecule has 0 saturated heterocycles. The zero-order chi connectivity index (χ0) is 20.8. The molecule has 1 amide bonds. The Hall–Kier alpha value is -2.99. The van der Waals surface area contributed by atoms with E-state index in [0.29, 0.717) is 6.54 Å². The first-order chi connectivity index (χ1) is 14.0. The van der Waals surface area contributed by atoms with Crippen LogP contribution < -0.4 is 20.5 Å². The van der Waals surface area contributed by atoms with Crippen LogP contribution in [0.2, 0.25) is 0 Å². The highest BCUT2D eigenvalue weighted by atomic mass is 16.5. The van der Waals surface area contributed by atoms with E-state index in [-0.39, 0.29) is 17.9 Å². The van der Waals surface area contributed by atoms with Crippen LogP contribution in [0.15, 0.2) is 48.5 Å². The molecule has 2 aromatic carbocycles. The highest BCUT2D eigenvalue weighted by Crippen LogP contribution is 2.31. The van der Waals surface area contributed by atoms with E-state index >= 15 is 0 Å². The number of nitrogens with two attached hydrogens (primary N) is 1. The maximum absolute atomic E-state index is 12.4. The average Bonchev–Trinajstić information content (AvgIpc) is 3.18. The lowest BCUT2D eigenvalue weighted by molar-refractivity contribution is -0.125. The molecule has 1 aromatic heterocycles. The van der Waals surface area contributed by atoms with Gasteiger partial charge in [-0.25, -0.2) is 0 Å². The van der Waals surface area contributed by atoms with Crippen molar-refractivity contribution in [3.63, 3.8) is 0 Å². The number of amides is 1. The van der Waals surface area contributed by atoms with Crippen LogP contribution in [0, 0.1) is 5.92 Å². The number of nitrogens with one attached hydrogen (secondary N) is 2. The molecule has 0 aliphatic heterocycles. The van der Waals surface area contributed by atoms with Crippen molar-refractivity contribution >= 4 is 16.8 Å². The van der Waals surface area contributed by atoms with Gasteiger partial charge in [0.25, 0.3) is 0 Å². The molecule has 0 radical (unpaired) electrons. The van der Waals surface area contributed by atoms with Crippen LogP contribution in [0.3, 0.4) is 0 Å². The van der Waals surface area contributed by atoms with Crippen molar-refractivity contribution in [1.29, 1.82) is 0 Å². The summed E-state index contributed by atoms with van der Waals surface area (Å²) in [6, 6.07) is 15.3. The Balaban J connectivity index is 1.53. The van der Waals surface area contributed by atoms with Gasteiger partial charge >= 0.3 is 0 Å². The van der Waals surface area contributed by atoms with Gasteiger partial charge in [-0.2, -0.15) is 0 Å². The monoisotopic (exact) mass is 395 g/mol. The van der Waals surface area contributed by atoms with E-state index < -0.39 is 0 Å². The van der Waals surface area contributed by atoms with Crippen molar-refractivity contribution in [2.45, 2.75) is 25.8 Å². The Morgan fingerprint density at radius 2 is 1.90 bits per heavy atom. The molecule has 0 saturated carbocycles. The van der Waals surface area contributed by atoms with Crippen LogP contribution in [0.25, 0.3) is 10.9 Å². The summed E-state index contributed by atoms with van der Waals surface area (Å²) in [6.45, 7) is 2.46. The van der Waals surface area contributed by atoms with Gasteiger partial charge in [-0.15, -0.1) is 0 Å². The van der Waals surface area contributed by atoms with E-state index in [2.05, 4.69) is 16.4 Å². The minimum atomic E-state index is -0.313. The summed E-state index contributed by atoms with van der Waals surface area (Å²) in [6.07, 6.45) is 1.64. The van der Waals surface area contributed by atoms with Gasteiger partial charge in [-0.3, -0.25) is 4.79 Å². The zero-order valence-electron chi connectivity index (χ0n) is 17.2. The minimum Gasteiger partial charge on any atom is -0.497 e. The lowest BCUT2D eigenvalue weighted by Gasteiger charge is -2.19. The lowest BCUT2D eigenvalue weighted by atomic mass is 9.94. The average molecular weight is 396 g/mol. The Labute approximate surface area is 171 Å². The predicted octanol–water partition coefficient (Wildman–Crippen LogP) is 3.57. The van der Waals surface area contributed by atoms with Crippen molar-refractivity contribution in [2.75, 3.05) is 20.8 Å². The molecule has 4 N–H and O–H groups in total. The molecular weight excluding hydrogens is 366 g/mol. The molecule has 0 bridgehead atoms. The Morgan fingerprint density at radius 3 is 2.59 bits per heavy atom. The van der Waals surface area contributed by atoms with Gasteiger partial charge < -0.3 is 25.5 Å². The minimum absolute atomic E-state index is 0.0237. The molecular formula is C23H29N3O3. The van der Waals surface area contributed by atoms with Gasteiger partial charge in [0.15, 0.2) is 0 Å². The van der Waals surface area contributed by atoms with E-state index in [1.54, 1.807) is 14.2 Å². The number of methoxy groups -OCH3 is 2. The second-order valence-corrected chi connectivity index (χ2v) is 7.21. The number of ether oxygens (including phenoxy) is 2. The van der Waals surface area contributed by atoms with Crippen LogP contribution in [0.4, 0.5) is 0 Å². The molecule has 2 atom stereocenters. The normalized spacial score (nSPS) is 13.1. The summed E-state index contributed by atoms with van der Waals surface area (Å²) in [5.74, 6) is 1.21. The third kappa shape index (κ3) is 4.90. The molecule has 0 fully saturated rings. The van der Waals surface area contributed by atoms with Crippen molar-refractivity contribution in [3.05, 3.63) is 59.8 Å². The van der Waals surface area contributed by atoms with Crippen LogP contribution in [0.5, 0.6) is 11.5 Å². The number of hydrogen-bond acceptors (Lipinski definition) is 4. The van der Waals surface area contributed by atoms with Gasteiger partial charge in [0, 0.05) is 35.8 Å². The number of carbonyl (C=O) groups is 1. The molecule has 0 aliphatic rings. The number of rotatable bonds is 9. The van der Waals surface area contributed by atoms with Crippen molar-refractivity contribution in [1.82, 2.24) is 10.3 Å². The number of H-pyrrole nitrogens is 1. The number of aromatic nitrogens is 1. The van der Waals surface area contributed by atoms with Gasteiger partial charge in [0.05, 0.1) is 25.7 Å². The van der Waals surface area contributed by atoms with Crippen LogP contribution in [0.1, 0.15) is 30.6 Å². The summed E-state index contributed by atoms with van der Waals surface area (Å²) in [5, 5.41) is 4.02. The van der Waals surface area contributed by atoms with E-state index in [1.165, 1.54) is 0 Å². The largest absolute Gasteiger partial charge is 0.497 e. The molecule has 6 heteroatoms. The SMILES string of the molecule is COc1cc(OC)c2cc(CCCNC(=O)C(C)C(N)c3ccccc3)[nH]c2c1. The summed E-state index contributed by atoms with van der Waals surface area (Å²) >= 11 is 0. The van der Waals surface area contributed by atoms with E-state index in [0.717, 1.165) is 46.5 Å². The maximum atomic E-state index is 12.4. The standard InChI is InChI=1S/C23H29N3O3/c1-15(22(24)16-8-5-4-6-9-16)23(27)25-11-7-10-17-12-19-20(26-17)13-18(28-2)14-21(19)29-3/h4-6,8-9,12-15,22,26H,7,10-11,24H2,1-3H3,(H,25,27). The predicted molar refractivity (Wildman–Crippen MR) is 115 cm³/mol. The van der Waals surface area contributed by atoms with Crippen molar-refractivity contribution < 1.29 is 14.3 Å². The molecule has 0 aliphatic carbocycles. The first-order valence-electron chi connectivity index (χ1n) is 9.85. The molecule has 29 heavy (non-hydrogen) atoms. The molecule has 1 heterocycles.